The van der Waals surface area contributed by atoms with Crippen molar-refractivity contribution >= 4 is 94.3 Å². The molecule has 0 saturated heterocycles. The summed E-state index contributed by atoms with van der Waals surface area (Å²) in [6.07, 6.45) is 1.61. The Morgan fingerprint density at radius 3 is 2.38 bits per heavy atom. The predicted octanol–water partition coefficient (Wildman–Crippen LogP) is 4.32. The van der Waals surface area contributed by atoms with Crippen LogP contribution in [0.2, 0.25) is 10.4 Å². The zero-order valence-corrected chi connectivity index (χ0v) is 17.1. The second-order valence-corrected chi connectivity index (χ2v) is 38.6. The summed E-state index contributed by atoms with van der Waals surface area (Å²) in [4.78, 5) is 11.5. The monoisotopic (exact) mass is 634 g/mol. The Hall–Kier alpha value is 1.90. The van der Waals surface area contributed by atoms with Crippen molar-refractivity contribution in [3.05, 3.63) is 16.8 Å². The number of aryl methyl sites for hydroxylation is 1. The second kappa shape index (κ2) is 7.48. The molecule has 0 fully saturated rings. The number of hydrogen-bond acceptors (Lipinski definition) is 3. The summed E-state index contributed by atoms with van der Waals surface area (Å²) in [7, 11) is 1.81. The van der Waals surface area contributed by atoms with Gasteiger partial charge in [0.25, 0.3) is 0 Å². The van der Waals surface area contributed by atoms with E-state index in [9.17, 15) is 0 Å². The molecule has 0 aliphatic carbocycles. The molecule has 10 heteroatoms. The zero-order chi connectivity index (χ0) is 12.3. The molecule has 0 aliphatic rings. The van der Waals surface area contributed by atoms with Crippen LogP contribution in [0.1, 0.15) is 0 Å². The first-order valence-electron chi connectivity index (χ1n) is 3.69. The molecule has 2 heterocycles. The number of fused-ring (bicyclic) bond motifs is 1. The minimum atomic E-state index is -0.278. The van der Waals surface area contributed by atoms with Crippen molar-refractivity contribution in [3.63, 3.8) is 0 Å². The van der Waals surface area contributed by atoms with Crippen LogP contribution >= 0.6 is 83.1 Å². The van der Waals surface area contributed by atoms with Gasteiger partial charge in [-0.05, 0) is 11.6 Å². The molecule has 0 N–H and O–H groups in total. The molecule has 0 amide bonds. The first-order chi connectivity index (χ1) is 7.41. The van der Waals surface area contributed by atoms with E-state index in [0.29, 0.717) is 11.2 Å². The number of aromatic nitrogens is 4. The van der Waals surface area contributed by atoms with Gasteiger partial charge >= 0.3 is 64.9 Å². The third-order valence-corrected chi connectivity index (χ3v) is 1.92. The Kier molecular flexibility index (Phi) is 7.46. The molecule has 0 atom stereocenters. The van der Waals surface area contributed by atoms with Crippen molar-refractivity contribution in [1.82, 2.24) is 19.5 Å². The van der Waals surface area contributed by atoms with Crippen molar-refractivity contribution in [2.75, 3.05) is 0 Å². The molecule has 0 unspecified atom stereocenters. The van der Waals surface area contributed by atoms with Gasteiger partial charge in [-0.1, -0.05) is 11.6 Å². The van der Waals surface area contributed by atoms with E-state index < -0.39 is 0 Å². The van der Waals surface area contributed by atoms with Crippen molar-refractivity contribution in [1.29, 1.82) is 0 Å². The molecular formula is C6H4Cl2I3N4V. The predicted molar refractivity (Wildman–Crippen MR) is 88.4 cm³/mol. The normalized spacial score (nSPS) is 10.4. The molecule has 16 heavy (non-hydrogen) atoms. The van der Waals surface area contributed by atoms with Crippen molar-refractivity contribution < 1.29 is 4.92 Å². The van der Waals surface area contributed by atoms with E-state index in [1.807, 2.05) is 7.05 Å². The standard InChI is InChI=1S/C6H4Cl2N4.3HI.V/c1-12-2-9-3-4(7)10-6(8)11-5(3)12;;;;/h2H,1H3;3*1H;/q;;;;+3/p-3. The summed E-state index contributed by atoms with van der Waals surface area (Å²) in [5, 5.41) is 0.418. The van der Waals surface area contributed by atoms with Crippen LogP contribution < -0.4 is 0 Å². The molecule has 2 aromatic heterocycles. The Balaban J connectivity index is 0.000000280. The fraction of sp³-hybridized carbons (Fsp3) is 0.167. The summed E-state index contributed by atoms with van der Waals surface area (Å²) < 4.78 is 1.73. The van der Waals surface area contributed by atoms with Crippen LogP contribution in [-0.2, 0) is 12.0 Å². The molecule has 0 saturated carbocycles. The summed E-state index contributed by atoms with van der Waals surface area (Å²) in [5.41, 5.74) is 1.21. The van der Waals surface area contributed by atoms with Crippen LogP contribution in [0.3, 0.4) is 0 Å². The quantitative estimate of drug-likeness (QED) is 0.247. The van der Waals surface area contributed by atoms with Gasteiger partial charge in [-0.25, -0.2) is 9.97 Å². The van der Waals surface area contributed by atoms with Gasteiger partial charge in [-0.2, -0.15) is 4.98 Å². The van der Waals surface area contributed by atoms with E-state index in [0.717, 1.165) is 0 Å². The van der Waals surface area contributed by atoms with Crippen LogP contribution in [-0.4, -0.2) is 19.5 Å². The maximum atomic E-state index is 5.76. The number of imidazole rings is 1. The molecule has 88 valence electrons. The van der Waals surface area contributed by atoms with Gasteiger partial charge in [0.05, 0.1) is 6.33 Å². The SMILES string of the molecule is Cn1cnc2c(Cl)nc(Cl)nc21.[I][V]([I])[I]. The first kappa shape index (κ1) is 16.0. The molecule has 0 radical (unpaired) electrons. The Morgan fingerprint density at radius 2 is 1.81 bits per heavy atom. The zero-order valence-electron chi connectivity index (χ0n) is 7.70. The Bertz CT molecular complexity index is 489. The maximum absolute atomic E-state index is 5.76. The average Bonchev–Trinajstić information content (AvgIpc) is 2.47. The molecule has 4 nitrogen and oxygen atoms in total. The van der Waals surface area contributed by atoms with Gasteiger partial charge in [-0.15, -0.1) is 0 Å². The van der Waals surface area contributed by atoms with Gasteiger partial charge in [0, 0.05) is 7.05 Å². The summed E-state index contributed by atoms with van der Waals surface area (Å²) >= 11 is 18.8. The third kappa shape index (κ3) is 4.88. The van der Waals surface area contributed by atoms with Crippen LogP contribution in [0.15, 0.2) is 6.33 Å². The van der Waals surface area contributed by atoms with Crippen LogP contribution in [0.25, 0.3) is 11.2 Å². The summed E-state index contributed by atoms with van der Waals surface area (Å²) in [6.45, 7) is 0. The van der Waals surface area contributed by atoms with Crippen molar-refractivity contribution in [2.24, 2.45) is 7.05 Å². The van der Waals surface area contributed by atoms with Gasteiger partial charge in [0.15, 0.2) is 10.8 Å². The van der Waals surface area contributed by atoms with Gasteiger partial charge in [0.1, 0.15) is 5.52 Å². The molecule has 2 aromatic rings. The number of hydrogen-bond donors (Lipinski definition) is 0. The average molecular weight is 635 g/mol. The molecular weight excluding hydrogens is 631 g/mol. The van der Waals surface area contributed by atoms with E-state index in [4.69, 9.17) is 23.2 Å². The van der Waals surface area contributed by atoms with E-state index in [-0.39, 0.29) is 15.4 Å². The second-order valence-electron chi connectivity index (χ2n) is 2.50. The fourth-order valence-corrected chi connectivity index (χ4v) is 1.37. The van der Waals surface area contributed by atoms with Crippen LogP contribution in [0.4, 0.5) is 0 Å². The van der Waals surface area contributed by atoms with Gasteiger partial charge in [0.2, 0.25) is 5.28 Å². The number of rotatable bonds is 0. The molecule has 0 bridgehead atoms. The van der Waals surface area contributed by atoms with Crippen LogP contribution in [0, 0.1) is 0 Å². The fourth-order valence-electron chi connectivity index (χ4n) is 0.947. The van der Waals surface area contributed by atoms with Crippen molar-refractivity contribution in [2.45, 2.75) is 0 Å². The Morgan fingerprint density at radius 1 is 1.25 bits per heavy atom. The molecule has 2 rings (SSSR count). The van der Waals surface area contributed by atoms with Crippen molar-refractivity contribution in [3.8, 4) is 0 Å². The Labute approximate surface area is 140 Å². The van der Waals surface area contributed by atoms with E-state index in [1.54, 1.807) is 10.9 Å². The molecule has 0 aromatic carbocycles. The number of halogens is 5. The van der Waals surface area contributed by atoms with E-state index in [2.05, 4.69) is 74.9 Å². The number of nitrogens with zero attached hydrogens (tertiary/aromatic N) is 4. The first-order valence-corrected chi connectivity index (χ1v) is 18.0. The van der Waals surface area contributed by atoms with E-state index in [1.165, 1.54) is 0 Å². The summed E-state index contributed by atoms with van der Waals surface area (Å²) in [5.74, 6) is 0. The van der Waals surface area contributed by atoms with E-state index >= 15 is 0 Å². The summed E-state index contributed by atoms with van der Waals surface area (Å²) in [6, 6.07) is 0. The third-order valence-electron chi connectivity index (χ3n) is 1.49. The minimum absolute atomic E-state index is 0.135. The van der Waals surface area contributed by atoms with Gasteiger partial charge in [-0.3, -0.25) is 0 Å². The topological polar surface area (TPSA) is 43.6 Å². The van der Waals surface area contributed by atoms with Crippen LogP contribution in [0.5, 0.6) is 0 Å². The molecule has 0 aliphatic heterocycles. The van der Waals surface area contributed by atoms with Gasteiger partial charge < -0.3 is 4.57 Å². The molecule has 0 spiro atoms.